The molecule has 1 amide bonds. The van der Waals surface area contributed by atoms with Gasteiger partial charge in [-0.3, -0.25) is 4.79 Å². The molecule has 1 N–H and O–H groups in total. The summed E-state index contributed by atoms with van der Waals surface area (Å²) in [5.74, 6) is 0.0318. The Kier molecular flexibility index (Phi) is 6.31. The Bertz CT molecular complexity index is 908. The van der Waals surface area contributed by atoms with Gasteiger partial charge in [0.05, 0.1) is 18.8 Å². The van der Waals surface area contributed by atoms with Crippen molar-refractivity contribution in [2.45, 2.75) is 24.2 Å². The number of benzene rings is 3. The van der Waals surface area contributed by atoms with Gasteiger partial charge in [-0.2, -0.15) is 0 Å². The average molecular weight is 414 g/mol. The Morgan fingerprint density at radius 3 is 1.77 bits per heavy atom. The zero-order valence-electron chi connectivity index (χ0n) is 17.4. The normalized spacial score (nSPS) is 17.1. The van der Waals surface area contributed by atoms with E-state index in [2.05, 4.69) is 6.58 Å². The second kappa shape index (κ2) is 9.29. The number of rotatable bonds is 9. The molecule has 158 valence electrons. The summed E-state index contributed by atoms with van der Waals surface area (Å²) in [4.78, 5) is 13.6. The second-order valence-electron chi connectivity index (χ2n) is 7.76. The molecule has 0 spiro atoms. The van der Waals surface area contributed by atoms with Crippen molar-refractivity contribution in [3.63, 3.8) is 0 Å². The Morgan fingerprint density at radius 1 is 0.935 bits per heavy atom. The van der Waals surface area contributed by atoms with Gasteiger partial charge in [-0.05, 0) is 16.7 Å². The number of carbonyl (C=O) groups is 1. The number of nitrogens with zero attached hydrogens (tertiary/aromatic N) is 1. The monoisotopic (exact) mass is 413 g/mol. The molecule has 1 fully saturated rings. The summed E-state index contributed by atoms with van der Waals surface area (Å²) < 4.78 is 6.65. The minimum Gasteiger partial charge on any atom is -0.389 e. The summed E-state index contributed by atoms with van der Waals surface area (Å²) in [5.41, 5.74) is 2.05. The Labute approximate surface area is 183 Å². The Hall–Kier alpha value is -3.21. The molecule has 1 aliphatic heterocycles. The van der Waals surface area contributed by atoms with Crippen LogP contribution in [0.1, 0.15) is 23.1 Å². The summed E-state index contributed by atoms with van der Waals surface area (Å²) in [6.07, 6.45) is 1.21. The van der Waals surface area contributed by atoms with Crippen LogP contribution in [-0.4, -0.2) is 41.2 Å². The van der Waals surface area contributed by atoms with E-state index in [4.69, 9.17) is 4.74 Å². The number of amides is 1. The molecular formula is C27H27NO3. The summed E-state index contributed by atoms with van der Waals surface area (Å²) in [7, 11) is 0. The quantitative estimate of drug-likeness (QED) is 0.326. The lowest BCUT2D eigenvalue weighted by Crippen LogP contribution is -2.59. The van der Waals surface area contributed by atoms with Crippen molar-refractivity contribution in [1.29, 1.82) is 0 Å². The van der Waals surface area contributed by atoms with E-state index in [0.717, 1.165) is 16.7 Å². The third kappa shape index (κ3) is 4.05. The first kappa shape index (κ1) is 21.0. The maximum atomic E-state index is 11.9. The predicted octanol–water partition coefficient (Wildman–Crippen LogP) is 4.14. The largest absolute Gasteiger partial charge is 0.389 e. The predicted molar refractivity (Wildman–Crippen MR) is 121 cm³/mol. The van der Waals surface area contributed by atoms with E-state index < -0.39 is 11.7 Å². The number of carbonyl (C=O) groups excluding carboxylic acids is 1. The van der Waals surface area contributed by atoms with E-state index in [9.17, 15) is 9.90 Å². The van der Waals surface area contributed by atoms with Gasteiger partial charge in [0.25, 0.3) is 0 Å². The lowest BCUT2D eigenvalue weighted by molar-refractivity contribution is -0.155. The summed E-state index contributed by atoms with van der Waals surface area (Å²) in [6, 6.07) is 29.9. The molecule has 0 aliphatic carbocycles. The van der Waals surface area contributed by atoms with E-state index in [1.165, 1.54) is 0 Å². The van der Waals surface area contributed by atoms with Crippen LogP contribution in [0, 0.1) is 0 Å². The lowest BCUT2D eigenvalue weighted by atomic mass is 9.80. The Balaban J connectivity index is 1.72. The molecule has 4 heteroatoms. The van der Waals surface area contributed by atoms with Crippen molar-refractivity contribution in [3.8, 4) is 0 Å². The van der Waals surface area contributed by atoms with Gasteiger partial charge in [-0.15, -0.1) is 6.58 Å². The molecule has 3 aromatic rings. The third-order valence-corrected chi connectivity index (χ3v) is 5.89. The third-order valence-electron chi connectivity index (χ3n) is 5.89. The Morgan fingerprint density at radius 2 is 1.39 bits per heavy atom. The van der Waals surface area contributed by atoms with Gasteiger partial charge < -0.3 is 14.7 Å². The molecule has 0 saturated carbocycles. The van der Waals surface area contributed by atoms with Crippen molar-refractivity contribution in [2.75, 3.05) is 13.2 Å². The average Bonchev–Trinajstić information content (AvgIpc) is 2.83. The molecule has 1 aliphatic rings. The van der Waals surface area contributed by atoms with Crippen LogP contribution in [0.25, 0.3) is 0 Å². The van der Waals surface area contributed by atoms with Gasteiger partial charge in [0.1, 0.15) is 5.60 Å². The molecule has 0 bridgehead atoms. The highest BCUT2D eigenvalue weighted by Gasteiger charge is 2.43. The summed E-state index contributed by atoms with van der Waals surface area (Å²) in [5, 5.41) is 10.9. The molecular weight excluding hydrogens is 386 g/mol. The number of ether oxygens (including phenoxy) is 1. The molecule has 1 saturated heterocycles. The van der Waals surface area contributed by atoms with Gasteiger partial charge in [0.2, 0.25) is 5.91 Å². The molecule has 31 heavy (non-hydrogen) atoms. The molecule has 3 aromatic carbocycles. The highest BCUT2D eigenvalue weighted by molar-refractivity contribution is 5.83. The van der Waals surface area contributed by atoms with E-state index in [1.54, 1.807) is 11.0 Å². The maximum Gasteiger partial charge on any atom is 0.225 e. The topological polar surface area (TPSA) is 49.8 Å². The zero-order chi connectivity index (χ0) is 21.7. The van der Waals surface area contributed by atoms with Crippen LogP contribution in [0.5, 0.6) is 0 Å². The molecule has 4 rings (SSSR count). The van der Waals surface area contributed by atoms with Crippen LogP contribution in [0.2, 0.25) is 0 Å². The van der Waals surface area contributed by atoms with Crippen LogP contribution in [0.4, 0.5) is 0 Å². The van der Waals surface area contributed by atoms with Crippen molar-refractivity contribution in [1.82, 2.24) is 4.90 Å². The molecule has 0 radical (unpaired) electrons. The van der Waals surface area contributed by atoms with Gasteiger partial charge in [-0.25, -0.2) is 0 Å². The van der Waals surface area contributed by atoms with Crippen molar-refractivity contribution in [3.05, 3.63) is 120 Å². The van der Waals surface area contributed by atoms with Crippen molar-refractivity contribution < 1.29 is 14.6 Å². The molecule has 1 heterocycles. The first-order chi connectivity index (χ1) is 15.2. The number of aliphatic hydroxyl groups excluding tert-OH is 1. The van der Waals surface area contributed by atoms with Crippen molar-refractivity contribution >= 4 is 5.91 Å². The second-order valence-corrected chi connectivity index (χ2v) is 7.76. The van der Waals surface area contributed by atoms with E-state index in [-0.39, 0.29) is 18.6 Å². The highest BCUT2D eigenvalue weighted by Crippen LogP contribution is 2.40. The SMILES string of the molecule is C=CCN1C(=O)C[C@H]1[C@H](O)COC(c1ccccc1)(c1ccccc1)c1ccccc1. The van der Waals surface area contributed by atoms with Gasteiger partial charge >= 0.3 is 0 Å². The smallest absolute Gasteiger partial charge is 0.225 e. The van der Waals surface area contributed by atoms with Gasteiger partial charge in [0, 0.05) is 13.0 Å². The van der Waals surface area contributed by atoms with Gasteiger partial charge in [0.15, 0.2) is 0 Å². The summed E-state index contributed by atoms with van der Waals surface area (Å²) in [6.45, 7) is 4.23. The number of likely N-dealkylation sites (tertiary alicyclic amines) is 1. The molecule has 0 unspecified atom stereocenters. The fraction of sp³-hybridized carbons (Fsp3) is 0.222. The van der Waals surface area contributed by atoms with E-state index in [1.807, 2.05) is 91.0 Å². The number of hydrogen-bond acceptors (Lipinski definition) is 3. The minimum atomic E-state index is -0.887. The van der Waals surface area contributed by atoms with Crippen LogP contribution >= 0.6 is 0 Å². The molecule has 4 nitrogen and oxygen atoms in total. The van der Waals surface area contributed by atoms with Crippen LogP contribution < -0.4 is 0 Å². The number of aliphatic hydroxyl groups is 1. The van der Waals surface area contributed by atoms with E-state index >= 15 is 0 Å². The maximum absolute atomic E-state index is 11.9. The lowest BCUT2D eigenvalue weighted by Gasteiger charge is -2.44. The van der Waals surface area contributed by atoms with Crippen LogP contribution in [-0.2, 0) is 15.1 Å². The van der Waals surface area contributed by atoms with E-state index in [0.29, 0.717) is 13.0 Å². The molecule has 0 aromatic heterocycles. The summed E-state index contributed by atoms with van der Waals surface area (Å²) >= 11 is 0. The van der Waals surface area contributed by atoms with Crippen molar-refractivity contribution in [2.24, 2.45) is 0 Å². The number of hydrogen-bond donors (Lipinski definition) is 1. The minimum absolute atomic E-state index is 0.0318. The number of β-lactam (4-membered cyclic amide) rings is 1. The van der Waals surface area contributed by atoms with Crippen LogP contribution in [0.15, 0.2) is 104 Å². The van der Waals surface area contributed by atoms with Gasteiger partial charge in [-0.1, -0.05) is 97.1 Å². The zero-order valence-corrected chi connectivity index (χ0v) is 17.4. The fourth-order valence-corrected chi connectivity index (χ4v) is 4.29. The highest BCUT2D eigenvalue weighted by atomic mass is 16.5. The first-order valence-corrected chi connectivity index (χ1v) is 10.6. The van der Waals surface area contributed by atoms with Crippen LogP contribution in [0.3, 0.4) is 0 Å². The fourth-order valence-electron chi connectivity index (χ4n) is 4.29. The molecule has 2 atom stereocenters. The first-order valence-electron chi connectivity index (χ1n) is 10.6. The standard InChI is InChI=1S/C27H27NO3/c1-2-18-28-24(19-26(28)30)25(29)20-31-27(21-12-6-3-7-13-21,22-14-8-4-9-15-22)23-16-10-5-11-17-23/h2-17,24-25,29H,1,18-20H2/t24-,25+/m0/s1.